The van der Waals surface area contributed by atoms with Gasteiger partial charge >= 0.3 is 0 Å². The molecule has 3 heterocycles. The van der Waals surface area contributed by atoms with Crippen molar-refractivity contribution in [1.82, 2.24) is 9.80 Å². The molecule has 0 bridgehead atoms. The van der Waals surface area contributed by atoms with Crippen LogP contribution in [0, 0.1) is 5.92 Å². The Kier molecular flexibility index (Phi) is 3.92. The van der Waals surface area contributed by atoms with E-state index >= 15 is 0 Å². The van der Waals surface area contributed by atoms with Gasteiger partial charge in [0.2, 0.25) is 0 Å². The lowest BCUT2D eigenvalue weighted by molar-refractivity contribution is 0.0457. The van der Waals surface area contributed by atoms with E-state index < -0.39 is 0 Å². The summed E-state index contributed by atoms with van der Waals surface area (Å²) in [5.74, 6) is 0.874. The Morgan fingerprint density at radius 1 is 1.00 bits per heavy atom. The standard InChI is InChI=1S/C15H29N3/c1-12-5-9-18(13(10-12)11-16)15-6-8-17-7-3-2-4-14(15)17/h12-15H,2-11,16H2,1H3. The van der Waals surface area contributed by atoms with Crippen LogP contribution in [-0.4, -0.2) is 54.1 Å². The molecule has 0 radical (unpaired) electrons. The van der Waals surface area contributed by atoms with Crippen molar-refractivity contribution in [3.05, 3.63) is 0 Å². The minimum Gasteiger partial charge on any atom is -0.329 e. The molecule has 3 aliphatic heterocycles. The summed E-state index contributed by atoms with van der Waals surface area (Å²) in [5, 5.41) is 0. The fourth-order valence-corrected chi connectivity index (χ4v) is 4.55. The Labute approximate surface area is 112 Å². The van der Waals surface area contributed by atoms with Crippen LogP contribution in [0.1, 0.15) is 45.4 Å². The molecule has 0 aromatic rings. The summed E-state index contributed by atoms with van der Waals surface area (Å²) in [6.45, 7) is 7.21. The summed E-state index contributed by atoms with van der Waals surface area (Å²) in [6, 6.07) is 2.31. The molecule has 0 saturated carbocycles. The van der Waals surface area contributed by atoms with E-state index in [4.69, 9.17) is 5.73 Å². The van der Waals surface area contributed by atoms with Gasteiger partial charge in [0, 0.05) is 31.2 Å². The van der Waals surface area contributed by atoms with E-state index in [1.54, 1.807) is 0 Å². The van der Waals surface area contributed by atoms with E-state index in [0.29, 0.717) is 6.04 Å². The summed E-state index contributed by atoms with van der Waals surface area (Å²) >= 11 is 0. The van der Waals surface area contributed by atoms with E-state index in [1.165, 1.54) is 58.2 Å². The highest BCUT2D eigenvalue weighted by molar-refractivity contribution is 4.98. The minimum atomic E-state index is 0.653. The van der Waals surface area contributed by atoms with Crippen LogP contribution in [-0.2, 0) is 0 Å². The molecule has 3 heteroatoms. The van der Waals surface area contributed by atoms with Crippen molar-refractivity contribution >= 4 is 0 Å². The van der Waals surface area contributed by atoms with Gasteiger partial charge in [0.15, 0.2) is 0 Å². The van der Waals surface area contributed by atoms with Crippen molar-refractivity contribution in [2.75, 3.05) is 26.2 Å². The lowest BCUT2D eigenvalue weighted by Crippen LogP contribution is -2.55. The highest BCUT2D eigenvalue weighted by Crippen LogP contribution is 2.34. The maximum absolute atomic E-state index is 6.04. The Bertz CT molecular complexity index is 281. The molecule has 2 N–H and O–H groups in total. The van der Waals surface area contributed by atoms with Crippen molar-refractivity contribution in [3.63, 3.8) is 0 Å². The van der Waals surface area contributed by atoms with Crippen molar-refractivity contribution in [3.8, 4) is 0 Å². The van der Waals surface area contributed by atoms with Gasteiger partial charge in [-0.2, -0.15) is 0 Å². The van der Waals surface area contributed by atoms with Crippen molar-refractivity contribution in [2.24, 2.45) is 11.7 Å². The molecule has 0 aromatic heterocycles. The molecule has 0 aromatic carbocycles. The van der Waals surface area contributed by atoms with Crippen molar-refractivity contribution in [1.29, 1.82) is 0 Å². The lowest BCUT2D eigenvalue weighted by Gasteiger charge is -2.45. The third-order valence-electron chi connectivity index (χ3n) is 5.54. The largest absolute Gasteiger partial charge is 0.329 e. The summed E-state index contributed by atoms with van der Waals surface area (Å²) in [7, 11) is 0. The fraction of sp³-hybridized carbons (Fsp3) is 1.00. The zero-order valence-electron chi connectivity index (χ0n) is 11.9. The zero-order chi connectivity index (χ0) is 12.5. The van der Waals surface area contributed by atoms with Crippen LogP contribution in [0.25, 0.3) is 0 Å². The summed E-state index contributed by atoms with van der Waals surface area (Å²) in [5.41, 5.74) is 6.04. The molecule has 4 unspecified atom stereocenters. The van der Waals surface area contributed by atoms with Crippen LogP contribution < -0.4 is 5.73 Å². The third kappa shape index (κ3) is 2.33. The molecular weight excluding hydrogens is 222 g/mol. The zero-order valence-corrected chi connectivity index (χ0v) is 11.9. The van der Waals surface area contributed by atoms with Gasteiger partial charge in [0.05, 0.1) is 0 Å². The van der Waals surface area contributed by atoms with Crippen molar-refractivity contribution < 1.29 is 0 Å². The lowest BCUT2D eigenvalue weighted by atomic mass is 9.88. The smallest absolute Gasteiger partial charge is 0.0267 e. The van der Waals surface area contributed by atoms with Gasteiger partial charge in [-0.15, -0.1) is 0 Å². The van der Waals surface area contributed by atoms with Crippen LogP contribution in [0.2, 0.25) is 0 Å². The Morgan fingerprint density at radius 2 is 1.89 bits per heavy atom. The molecule has 4 atom stereocenters. The maximum Gasteiger partial charge on any atom is 0.0267 e. The predicted octanol–water partition coefficient (Wildman–Crippen LogP) is 1.67. The monoisotopic (exact) mass is 251 g/mol. The van der Waals surface area contributed by atoms with Crippen LogP contribution in [0.4, 0.5) is 0 Å². The first-order valence-corrected chi connectivity index (χ1v) is 7.99. The van der Waals surface area contributed by atoms with E-state index in [2.05, 4.69) is 16.7 Å². The van der Waals surface area contributed by atoms with Gasteiger partial charge in [0.25, 0.3) is 0 Å². The van der Waals surface area contributed by atoms with Crippen molar-refractivity contribution in [2.45, 2.75) is 63.6 Å². The number of fused-ring (bicyclic) bond motifs is 1. The van der Waals surface area contributed by atoms with Crippen LogP contribution in [0.15, 0.2) is 0 Å². The van der Waals surface area contributed by atoms with Gasteiger partial charge in [0.1, 0.15) is 0 Å². The quantitative estimate of drug-likeness (QED) is 0.810. The van der Waals surface area contributed by atoms with E-state index in [-0.39, 0.29) is 0 Å². The second-order valence-electron chi connectivity index (χ2n) is 6.71. The van der Waals surface area contributed by atoms with Crippen LogP contribution in [0.5, 0.6) is 0 Å². The molecule has 3 rings (SSSR count). The highest BCUT2D eigenvalue weighted by atomic mass is 15.3. The van der Waals surface area contributed by atoms with E-state index in [0.717, 1.165) is 24.5 Å². The summed E-state index contributed by atoms with van der Waals surface area (Å²) in [6.07, 6.45) is 8.36. The summed E-state index contributed by atoms with van der Waals surface area (Å²) < 4.78 is 0. The SMILES string of the molecule is CC1CCN(C2CCN3CCCCC23)C(CN)C1. The van der Waals surface area contributed by atoms with Gasteiger partial charge in [-0.05, 0) is 51.1 Å². The molecule has 3 fully saturated rings. The molecule has 18 heavy (non-hydrogen) atoms. The van der Waals surface area contributed by atoms with E-state index in [1.807, 2.05) is 0 Å². The molecule has 0 amide bonds. The first kappa shape index (κ1) is 12.9. The number of likely N-dealkylation sites (tertiary alicyclic amines) is 1. The molecular formula is C15H29N3. The fourth-order valence-electron chi connectivity index (χ4n) is 4.55. The number of hydrogen-bond acceptors (Lipinski definition) is 3. The number of hydrogen-bond donors (Lipinski definition) is 1. The van der Waals surface area contributed by atoms with Crippen LogP contribution in [0.3, 0.4) is 0 Å². The topological polar surface area (TPSA) is 32.5 Å². The Hall–Kier alpha value is -0.120. The second kappa shape index (κ2) is 5.48. The van der Waals surface area contributed by atoms with Gasteiger partial charge in [-0.1, -0.05) is 13.3 Å². The number of piperidine rings is 2. The van der Waals surface area contributed by atoms with Gasteiger partial charge < -0.3 is 5.73 Å². The maximum atomic E-state index is 6.04. The number of nitrogens with two attached hydrogens (primary N) is 1. The van der Waals surface area contributed by atoms with E-state index in [9.17, 15) is 0 Å². The average molecular weight is 251 g/mol. The molecule has 0 spiro atoms. The number of rotatable bonds is 2. The third-order valence-corrected chi connectivity index (χ3v) is 5.54. The minimum absolute atomic E-state index is 0.653. The molecule has 3 aliphatic rings. The Morgan fingerprint density at radius 3 is 2.72 bits per heavy atom. The summed E-state index contributed by atoms with van der Waals surface area (Å²) in [4.78, 5) is 5.54. The van der Waals surface area contributed by atoms with Crippen LogP contribution >= 0.6 is 0 Å². The second-order valence-corrected chi connectivity index (χ2v) is 6.71. The molecule has 3 nitrogen and oxygen atoms in total. The molecule has 3 saturated heterocycles. The Balaban J connectivity index is 1.69. The first-order valence-electron chi connectivity index (χ1n) is 7.99. The number of nitrogens with zero attached hydrogens (tertiary/aromatic N) is 2. The first-order chi connectivity index (χ1) is 8.79. The molecule has 0 aliphatic carbocycles. The highest BCUT2D eigenvalue weighted by Gasteiger charge is 2.41. The average Bonchev–Trinajstić information content (AvgIpc) is 2.82. The van der Waals surface area contributed by atoms with Gasteiger partial charge in [-0.3, -0.25) is 9.80 Å². The molecule has 104 valence electrons. The predicted molar refractivity (Wildman–Crippen MR) is 75.6 cm³/mol. The van der Waals surface area contributed by atoms with Gasteiger partial charge in [-0.25, -0.2) is 0 Å². The normalized spacial score (nSPS) is 43.0.